The van der Waals surface area contributed by atoms with E-state index in [-0.39, 0.29) is 11.5 Å². The molecule has 0 aromatic heterocycles. The molecule has 0 radical (unpaired) electrons. The van der Waals surface area contributed by atoms with Gasteiger partial charge in [-0.3, -0.25) is 0 Å². The Kier molecular flexibility index (Phi) is 3.98. The minimum Gasteiger partial charge on any atom is -0.496 e. The van der Waals surface area contributed by atoms with Gasteiger partial charge in [-0.1, -0.05) is 32.9 Å². The van der Waals surface area contributed by atoms with Gasteiger partial charge in [0.25, 0.3) is 0 Å². The lowest BCUT2D eigenvalue weighted by molar-refractivity contribution is 0.397. The highest BCUT2D eigenvalue weighted by atomic mass is 16.5. The van der Waals surface area contributed by atoms with Gasteiger partial charge in [0.05, 0.1) is 7.11 Å². The predicted octanol–water partition coefficient (Wildman–Crippen LogP) is 2.88. The average Bonchev–Trinajstić information content (AvgIpc) is 2.15. The molecule has 1 atom stereocenters. The minimum absolute atomic E-state index is 0.0964. The monoisotopic (exact) mass is 221 g/mol. The zero-order chi connectivity index (χ0) is 12.3. The molecule has 0 spiro atoms. The second kappa shape index (κ2) is 4.88. The first-order valence-corrected chi connectivity index (χ1v) is 5.77. The Bertz CT molecular complexity index is 350. The summed E-state index contributed by atoms with van der Waals surface area (Å²) in [7, 11) is 1.72. The number of hydrogen-bond donors (Lipinski definition) is 1. The lowest BCUT2D eigenvalue weighted by Gasteiger charge is -2.23. The van der Waals surface area contributed by atoms with E-state index >= 15 is 0 Å². The molecule has 0 aliphatic heterocycles. The normalized spacial score (nSPS) is 13.6. The Balaban J connectivity index is 3.12. The predicted molar refractivity (Wildman–Crippen MR) is 69.0 cm³/mol. The standard InChI is InChI=1S/C14H23NO/c1-10(15)8-11-6-7-13(16-5)12(9-11)14(2,3)4/h6-7,9-10H,8,15H2,1-5H3. The Hall–Kier alpha value is -1.02. The maximum atomic E-state index is 5.82. The van der Waals surface area contributed by atoms with Gasteiger partial charge in [-0.15, -0.1) is 0 Å². The summed E-state index contributed by atoms with van der Waals surface area (Å²) in [5.74, 6) is 0.959. The first-order chi connectivity index (χ1) is 7.34. The van der Waals surface area contributed by atoms with Crippen molar-refractivity contribution in [2.75, 3.05) is 7.11 Å². The molecular weight excluding hydrogens is 198 g/mol. The molecule has 0 amide bonds. The molecule has 16 heavy (non-hydrogen) atoms. The summed E-state index contributed by atoms with van der Waals surface area (Å²) < 4.78 is 5.40. The molecule has 0 heterocycles. The zero-order valence-electron chi connectivity index (χ0n) is 11.0. The van der Waals surface area contributed by atoms with Crippen LogP contribution in [0.25, 0.3) is 0 Å². The van der Waals surface area contributed by atoms with Crippen LogP contribution in [0.2, 0.25) is 0 Å². The van der Waals surface area contributed by atoms with Crippen molar-refractivity contribution in [2.45, 2.75) is 45.6 Å². The molecule has 0 aliphatic rings. The first-order valence-electron chi connectivity index (χ1n) is 5.77. The molecule has 1 unspecified atom stereocenters. The average molecular weight is 221 g/mol. The maximum absolute atomic E-state index is 5.82. The van der Waals surface area contributed by atoms with Gasteiger partial charge in [0.2, 0.25) is 0 Å². The van der Waals surface area contributed by atoms with Gasteiger partial charge in [-0.05, 0) is 36.0 Å². The number of ether oxygens (including phenoxy) is 1. The van der Waals surface area contributed by atoms with Crippen molar-refractivity contribution in [1.29, 1.82) is 0 Å². The zero-order valence-corrected chi connectivity index (χ0v) is 11.0. The van der Waals surface area contributed by atoms with E-state index in [1.807, 2.05) is 13.0 Å². The molecule has 0 saturated carbocycles. The molecule has 90 valence electrons. The van der Waals surface area contributed by atoms with Crippen molar-refractivity contribution in [3.8, 4) is 5.75 Å². The van der Waals surface area contributed by atoms with Crippen LogP contribution < -0.4 is 10.5 Å². The quantitative estimate of drug-likeness (QED) is 0.851. The second-order valence-electron chi connectivity index (χ2n) is 5.47. The summed E-state index contributed by atoms with van der Waals surface area (Å²) in [5.41, 5.74) is 8.44. The van der Waals surface area contributed by atoms with Crippen LogP contribution in [0.4, 0.5) is 0 Å². The van der Waals surface area contributed by atoms with Crippen molar-refractivity contribution in [1.82, 2.24) is 0 Å². The molecule has 1 aromatic carbocycles. The van der Waals surface area contributed by atoms with E-state index in [2.05, 4.69) is 32.9 Å². The van der Waals surface area contributed by atoms with Crippen LogP contribution in [-0.2, 0) is 11.8 Å². The third-order valence-electron chi connectivity index (χ3n) is 2.63. The molecule has 0 bridgehead atoms. The topological polar surface area (TPSA) is 35.2 Å². The van der Waals surface area contributed by atoms with E-state index in [0.29, 0.717) is 0 Å². The lowest BCUT2D eigenvalue weighted by atomic mass is 9.85. The number of benzene rings is 1. The van der Waals surface area contributed by atoms with Gasteiger partial charge in [0.1, 0.15) is 5.75 Å². The summed E-state index contributed by atoms with van der Waals surface area (Å²) in [6.45, 7) is 8.61. The molecule has 0 saturated heterocycles. The van der Waals surface area contributed by atoms with Crippen LogP contribution >= 0.6 is 0 Å². The van der Waals surface area contributed by atoms with Gasteiger partial charge in [-0.2, -0.15) is 0 Å². The van der Waals surface area contributed by atoms with E-state index in [1.165, 1.54) is 11.1 Å². The highest BCUT2D eigenvalue weighted by molar-refractivity contribution is 5.41. The van der Waals surface area contributed by atoms with Crippen molar-refractivity contribution >= 4 is 0 Å². The van der Waals surface area contributed by atoms with Gasteiger partial charge in [0, 0.05) is 6.04 Å². The molecule has 0 aliphatic carbocycles. The number of rotatable bonds is 3. The second-order valence-corrected chi connectivity index (χ2v) is 5.47. The van der Waals surface area contributed by atoms with Gasteiger partial charge >= 0.3 is 0 Å². The van der Waals surface area contributed by atoms with E-state index in [9.17, 15) is 0 Å². The summed E-state index contributed by atoms with van der Waals surface area (Å²) in [6.07, 6.45) is 0.910. The maximum Gasteiger partial charge on any atom is 0.122 e. The van der Waals surface area contributed by atoms with Gasteiger partial charge < -0.3 is 10.5 Å². The molecule has 1 rings (SSSR count). The third kappa shape index (κ3) is 3.24. The van der Waals surface area contributed by atoms with E-state index in [1.54, 1.807) is 7.11 Å². The van der Waals surface area contributed by atoms with Crippen molar-refractivity contribution < 1.29 is 4.74 Å². The minimum atomic E-state index is 0.0964. The highest BCUT2D eigenvalue weighted by Gasteiger charge is 2.19. The fourth-order valence-corrected chi connectivity index (χ4v) is 1.84. The first kappa shape index (κ1) is 13.0. The highest BCUT2D eigenvalue weighted by Crippen LogP contribution is 2.32. The van der Waals surface area contributed by atoms with Crippen molar-refractivity contribution in [2.24, 2.45) is 5.73 Å². The summed E-state index contributed by atoms with van der Waals surface area (Å²) in [4.78, 5) is 0. The third-order valence-corrected chi connectivity index (χ3v) is 2.63. The number of methoxy groups -OCH3 is 1. The van der Waals surface area contributed by atoms with Crippen molar-refractivity contribution in [3.63, 3.8) is 0 Å². The van der Waals surface area contributed by atoms with E-state index in [0.717, 1.165) is 12.2 Å². The Morgan fingerprint density at radius 2 is 1.94 bits per heavy atom. The molecule has 2 N–H and O–H groups in total. The Morgan fingerprint density at radius 1 is 1.31 bits per heavy atom. The van der Waals surface area contributed by atoms with Crippen LogP contribution in [0.3, 0.4) is 0 Å². The van der Waals surface area contributed by atoms with E-state index < -0.39 is 0 Å². The van der Waals surface area contributed by atoms with Crippen LogP contribution in [0.1, 0.15) is 38.8 Å². The summed E-state index contributed by atoms with van der Waals surface area (Å²) in [5, 5.41) is 0. The van der Waals surface area contributed by atoms with Crippen LogP contribution in [0, 0.1) is 0 Å². The Morgan fingerprint density at radius 3 is 2.38 bits per heavy atom. The number of nitrogens with two attached hydrogens (primary N) is 1. The Labute approximate surface area is 98.8 Å². The molecule has 2 nitrogen and oxygen atoms in total. The fraction of sp³-hybridized carbons (Fsp3) is 0.571. The molecular formula is C14H23NO. The van der Waals surface area contributed by atoms with Crippen LogP contribution in [0.5, 0.6) is 5.75 Å². The fourth-order valence-electron chi connectivity index (χ4n) is 1.84. The SMILES string of the molecule is COc1ccc(CC(C)N)cc1C(C)(C)C. The lowest BCUT2D eigenvalue weighted by Crippen LogP contribution is -2.19. The van der Waals surface area contributed by atoms with Gasteiger partial charge in [-0.25, -0.2) is 0 Å². The molecule has 2 heteroatoms. The molecule has 1 aromatic rings. The summed E-state index contributed by atoms with van der Waals surface area (Å²) >= 11 is 0. The smallest absolute Gasteiger partial charge is 0.122 e. The number of hydrogen-bond acceptors (Lipinski definition) is 2. The molecule has 0 fully saturated rings. The van der Waals surface area contributed by atoms with Crippen LogP contribution in [-0.4, -0.2) is 13.2 Å². The largest absolute Gasteiger partial charge is 0.496 e. The van der Waals surface area contributed by atoms with Crippen LogP contribution in [0.15, 0.2) is 18.2 Å². The van der Waals surface area contributed by atoms with Gasteiger partial charge in [0.15, 0.2) is 0 Å². The summed E-state index contributed by atoms with van der Waals surface area (Å²) in [6, 6.07) is 6.54. The van der Waals surface area contributed by atoms with Crippen molar-refractivity contribution in [3.05, 3.63) is 29.3 Å². The van der Waals surface area contributed by atoms with E-state index in [4.69, 9.17) is 10.5 Å².